The van der Waals surface area contributed by atoms with E-state index in [1.54, 1.807) is 42.5 Å². The first-order valence-corrected chi connectivity index (χ1v) is 7.89. The Balaban J connectivity index is 1.83. The Labute approximate surface area is 148 Å². The molecule has 0 unspecified atom stereocenters. The van der Waals surface area contributed by atoms with Crippen molar-refractivity contribution in [1.82, 2.24) is 4.90 Å². The highest BCUT2D eigenvalue weighted by Gasteiger charge is 2.40. The van der Waals surface area contributed by atoms with Crippen molar-refractivity contribution < 1.29 is 14.4 Å². The number of anilines is 1. The lowest BCUT2D eigenvalue weighted by atomic mass is 10.1. The van der Waals surface area contributed by atoms with Gasteiger partial charge in [0.05, 0.1) is 26.9 Å². The number of rotatable bonds is 3. The Bertz CT molecular complexity index is 832. The van der Waals surface area contributed by atoms with E-state index in [1.165, 1.54) is 6.92 Å². The van der Waals surface area contributed by atoms with E-state index in [1.807, 2.05) is 0 Å². The van der Waals surface area contributed by atoms with Gasteiger partial charge >= 0.3 is 0 Å². The lowest BCUT2D eigenvalue weighted by Gasteiger charge is -2.22. The van der Waals surface area contributed by atoms with Crippen LogP contribution < -0.4 is 5.32 Å². The molecule has 0 saturated carbocycles. The summed E-state index contributed by atoms with van der Waals surface area (Å²) in [4.78, 5) is 38.2. The Morgan fingerprint density at radius 3 is 2.17 bits per heavy atom. The van der Waals surface area contributed by atoms with Crippen LogP contribution in [0.2, 0.25) is 10.0 Å². The first-order chi connectivity index (χ1) is 11.4. The smallest absolute Gasteiger partial charge is 0.262 e. The zero-order chi connectivity index (χ0) is 17.4. The van der Waals surface area contributed by atoms with Gasteiger partial charge in [-0.2, -0.15) is 0 Å². The van der Waals surface area contributed by atoms with Crippen LogP contribution in [0.3, 0.4) is 0 Å². The molecule has 3 amide bonds. The highest BCUT2D eigenvalue weighted by molar-refractivity contribution is 6.44. The molecule has 7 heteroatoms. The Morgan fingerprint density at radius 2 is 1.58 bits per heavy atom. The number of halogens is 2. The molecule has 0 aliphatic carbocycles. The van der Waals surface area contributed by atoms with E-state index in [2.05, 4.69) is 5.32 Å². The Hall–Kier alpha value is -2.37. The minimum atomic E-state index is -0.993. The average molecular weight is 363 g/mol. The van der Waals surface area contributed by atoms with Gasteiger partial charge in [-0.1, -0.05) is 41.4 Å². The molecule has 0 spiro atoms. The van der Waals surface area contributed by atoms with Gasteiger partial charge in [0.15, 0.2) is 0 Å². The number of hydrogen-bond acceptors (Lipinski definition) is 3. The van der Waals surface area contributed by atoms with Crippen LogP contribution in [0.4, 0.5) is 5.69 Å². The summed E-state index contributed by atoms with van der Waals surface area (Å²) in [6.45, 7) is 1.48. The van der Waals surface area contributed by atoms with E-state index in [-0.39, 0.29) is 5.02 Å². The minimum absolute atomic E-state index is 0.196. The van der Waals surface area contributed by atoms with Crippen LogP contribution in [0.1, 0.15) is 27.6 Å². The maximum absolute atomic E-state index is 12.4. The highest BCUT2D eigenvalue weighted by atomic mass is 35.5. The van der Waals surface area contributed by atoms with Gasteiger partial charge < -0.3 is 5.32 Å². The number of benzene rings is 2. The zero-order valence-electron chi connectivity index (χ0n) is 12.5. The first kappa shape index (κ1) is 16.5. The second-order valence-electron chi connectivity index (χ2n) is 5.29. The predicted octanol–water partition coefficient (Wildman–Crippen LogP) is 3.62. The summed E-state index contributed by atoms with van der Waals surface area (Å²) in [7, 11) is 0. The van der Waals surface area contributed by atoms with Crippen molar-refractivity contribution in [1.29, 1.82) is 0 Å². The maximum atomic E-state index is 12.4. The number of carbonyl (C=O) groups is 3. The fourth-order valence-corrected chi connectivity index (χ4v) is 2.86. The number of carbonyl (C=O) groups excluding carboxylic acids is 3. The molecule has 0 radical (unpaired) electrons. The zero-order valence-corrected chi connectivity index (χ0v) is 14.1. The molecule has 1 atom stereocenters. The van der Waals surface area contributed by atoms with Crippen LogP contribution in [-0.2, 0) is 4.79 Å². The van der Waals surface area contributed by atoms with E-state index in [4.69, 9.17) is 23.2 Å². The molecule has 5 nitrogen and oxygen atoms in total. The number of amides is 3. The molecule has 0 aromatic heterocycles. The van der Waals surface area contributed by atoms with Crippen molar-refractivity contribution in [3.05, 3.63) is 63.6 Å². The van der Waals surface area contributed by atoms with Crippen molar-refractivity contribution in [2.45, 2.75) is 13.0 Å². The molecule has 122 valence electrons. The van der Waals surface area contributed by atoms with Crippen LogP contribution in [0.5, 0.6) is 0 Å². The molecule has 1 heterocycles. The maximum Gasteiger partial charge on any atom is 0.262 e. The van der Waals surface area contributed by atoms with Gasteiger partial charge in [0.1, 0.15) is 6.04 Å². The second-order valence-corrected chi connectivity index (χ2v) is 6.08. The largest absolute Gasteiger partial charge is 0.323 e. The number of imide groups is 1. The van der Waals surface area contributed by atoms with Crippen LogP contribution in [0, 0.1) is 0 Å². The van der Waals surface area contributed by atoms with Crippen molar-refractivity contribution in [2.75, 3.05) is 5.32 Å². The van der Waals surface area contributed by atoms with Crippen LogP contribution in [-0.4, -0.2) is 28.7 Å². The van der Waals surface area contributed by atoms with E-state index in [0.29, 0.717) is 21.8 Å². The fourth-order valence-electron chi connectivity index (χ4n) is 2.51. The Kier molecular flexibility index (Phi) is 4.30. The number of fused-ring (bicyclic) bond motifs is 1. The fraction of sp³-hybridized carbons (Fsp3) is 0.118. The van der Waals surface area contributed by atoms with E-state index < -0.39 is 23.8 Å². The SMILES string of the molecule is C[C@@H](C(=O)Nc1cccc(Cl)c1Cl)N1C(=O)c2ccccc2C1=O. The molecule has 1 N–H and O–H groups in total. The van der Waals surface area contributed by atoms with Crippen molar-refractivity contribution in [3.63, 3.8) is 0 Å². The first-order valence-electron chi connectivity index (χ1n) is 7.13. The van der Waals surface area contributed by atoms with Crippen molar-refractivity contribution in [2.24, 2.45) is 0 Å². The average Bonchev–Trinajstić information content (AvgIpc) is 2.83. The molecule has 2 aromatic rings. The van der Waals surface area contributed by atoms with Gasteiger partial charge in [-0.15, -0.1) is 0 Å². The summed E-state index contributed by atoms with van der Waals surface area (Å²) in [6.07, 6.45) is 0. The summed E-state index contributed by atoms with van der Waals surface area (Å²) in [5, 5.41) is 3.08. The van der Waals surface area contributed by atoms with Crippen molar-refractivity contribution >= 4 is 46.6 Å². The highest BCUT2D eigenvalue weighted by Crippen LogP contribution is 2.30. The Morgan fingerprint density at radius 1 is 1.00 bits per heavy atom. The molecule has 0 bridgehead atoms. The van der Waals surface area contributed by atoms with Crippen LogP contribution in [0.15, 0.2) is 42.5 Å². The number of nitrogens with zero attached hydrogens (tertiary/aromatic N) is 1. The molecule has 0 fully saturated rings. The monoisotopic (exact) mass is 362 g/mol. The van der Waals surface area contributed by atoms with Crippen molar-refractivity contribution in [3.8, 4) is 0 Å². The number of nitrogens with one attached hydrogen (secondary N) is 1. The predicted molar refractivity (Wildman–Crippen MR) is 91.5 cm³/mol. The molecule has 2 aromatic carbocycles. The topological polar surface area (TPSA) is 66.5 Å². The molecule has 1 aliphatic rings. The second kappa shape index (κ2) is 6.26. The summed E-state index contributed by atoms with van der Waals surface area (Å²) in [6, 6.07) is 10.3. The van der Waals surface area contributed by atoms with E-state index in [0.717, 1.165) is 4.90 Å². The third kappa shape index (κ3) is 2.66. The minimum Gasteiger partial charge on any atom is -0.323 e. The summed E-state index contributed by atoms with van der Waals surface area (Å²) < 4.78 is 0. The quantitative estimate of drug-likeness (QED) is 0.848. The number of hydrogen-bond donors (Lipinski definition) is 1. The van der Waals surface area contributed by atoms with Gasteiger partial charge in [0, 0.05) is 0 Å². The lowest BCUT2D eigenvalue weighted by molar-refractivity contribution is -0.119. The van der Waals surface area contributed by atoms with Gasteiger partial charge in [0.25, 0.3) is 11.8 Å². The van der Waals surface area contributed by atoms with Gasteiger partial charge in [-0.25, -0.2) is 0 Å². The molecule has 24 heavy (non-hydrogen) atoms. The van der Waals surface area contributed by atoms with Gasteiger partial charge in [-0.05, 0) is 31.2 Å². The van der Waals surface area contributed by atoms with Gasteiger partial charge in [0.2, 0.25) is 5.91 Å². The molecule has 3 rings (SSSR count). The molecular weight excluding hydrogens is 351 g/mol. The lowest BCUT2D eigenvalue weighted by Crippen LogP contribution is -2.45. The van der Waals surface area contributed by atoms with E-state index in [9.17, 15) is 14.4 Å². The third-order valence-corrected chi connectivity index (χ3v) is 4.62. The van der Waals surface area contributed by atoms with E-state index >= 15 is 0 Å². The molecule has 1 aliphatic heterocycles. The normalized spacial score (nSPS) is 14.5. The summed E-state index contributed by atoms with van der Waals surface area (Å²) in [5.74, 6) is -1.51. The van der Waals surface area contributed by atoms with Gasteiger partial charge in [-0.3, -0.25) is 19.3 Å². The third-order valence-electron chi connectivity index (χ3n) is 3.80. The summed E-state index contributed by atoms with van der Waals surface area (Å²) >= 11 is 11.9. The van der Waals surface area contributed by atoms with Crippen LogP contribution in [0.25, 0.3) is 0 Å². The molecular formula is C17H12Cl2N2O3. The standard InChI is InChI=1S/C17H12Cl2N2O3/c1-9(15(22)20-13-8-4-7-12(18)14(13)19)21-16(23)10-5-2-3-6-11(10)17(21)24/h2-9H,1H3,(H,20,22)/t9-/m0/s1. The van der Waals surface area contributed by atoms with Crippen LogP contribution >= 0.6 is 23.2 Å². The summed E-state index contributed by atoms with van der Waals surface area (Å²) in [5.41, 5.74) is 0.906. The molecule has 0 saturated heterocycles.